The van der Waals surface area contributed by atoms with Crippen molar-refractivity contribution < 1.29 is 13.9 Å². The van der Waals surface area contributed by atoms with Crippen molar-refractivity contribution in [3.05, 3.63) is 95.5 Å². The number of nitrogens with one attached hydrogen (secondary N) is 1. The summed E-state index contributed by atoms with van der Waals surface area (Å²) in [6, 6.07) is 23.5. The Hall–Kier alpha value is -4.32. The number of hydrogen-bond acceptors (Lipinski definition) is 4. The highest BCUT2D eigenvalue weighted by molar-refractivity contribution is 6.08. The van der Waals surface area contributed by atoms with Gasteiger partial charge in [-0.1, -0.05) is 30.3 Å². The molecule has 2 aromatic heterocycles. The van der Waals surface area contributed by atoms with Crippen LogP contribution in [0.1, 0.15) is 27.5 Å². The minimum Gasteiger partial charge on any atom is -0.497 e. The van der Waals surface area contributed by atoms with E-state index in [1.54, 1.807) is 19.4 Å². The van der Waals surface area contributed by atoms with E-state index < -0.39 is 5.91 Å². The molecule has 6 heteroatoms. The summed E-state index contributed by atoms with van der Waals surface area (Å²) in [5.41, 5.74) is 7.28. The van der Waals surface area contributed by atoms with Crippen LogP contribution in [0.4, 0.5) is 0 Å². The van der Waals surface area contributed by atoms with Crippen LogP contribution in [0.5, 0.6) is 5.75 Å². The minimum atomic E-state index is -0.393. The third-order valence-electron chi connectivity index (χ3n) is 5.82. The van der Waals surface area contributed by atoms with Crippen LogP contribution in [0.15, 0.2) is 82.3 Å². The number of fused-ring (bicyclic) bond motifs is 3. The number of nitrogens with zero attached hydrogens (tertiary/aromatic N) is 2. The van der Waals surface area contributed by atoms with E-state index in [1.165, 1.54) is 0 Å². The number of aromatic nitrogens is 1. The van der Waals surface area contributed by atoms with E-state index in [-0.39, 0.29) is 5.76 Å². The van der Waals surface area contributed by atoms with Crippen LogP contribution in [0.25, 0.3) is 27.4 Å². The molecule has 1 amide bonds. The Kier molecular flexibility index (Phi) is 5.18. The highest BCUT2D eigenvalue weighted by atomic mass is 16.5. The number of rotatable bonds is 5. The zero-order valence-corrected chi connectivity index (χ0v) is 18.6. The predicted octanol–water partition coefficient (Wildman–Crippen LogP) is 5.77. The van der Waals surface area contributed by atoms with Crippen LogP contribution in [-0.4, -0.2) is 23.8 Å². The number of carbonyl (C=O) groups is 1. The smallest absolute Gasteiger partial charge is 0.307 e. The normalized spacial score (nSPS) is 11.5. The Labute approximate surface area is 191 Å². The number of hydrazone groups is 1. The molecule has 0 atom stereocenters. The molecule has 164 valence electrons. The molecule has 6 nitrogen and oxygen atoms in total. The van der Waals surface area contributed by atoms with Crippen molar-refractivity contribution in [3.63, 3.8) is 0 Å². The molecule has 5 aromatic rings. The van der Waals surface area contributed by atoms with Gasteiger partial charge in [-0.25, -0.2) is 5.43 Å². The number of benzene rings is 3. The van der Waals surface area contributed by atoms with Gasteiger partial charge in [-0.15, -0.1) is 0 Å². The molecule has 0 saturated heterocycles. The lowest BCUT2D eigenvalue weighted by atomic mass is 10.1. The summed E-state index contributed by atoms with van der Waals surface area (Å²) in [7, 11) is 1.65. The Bertz CT molecular complexity index is 1510. The first kappa shape index (κ1) is 20.6. The first-order valence-electron chi connectivity index (χ1n) is 10.6. The molecule has 0 aliphatic carbocycles. The van der Waals surface area contributed by atoms with E-state index in [0.29, 0.717) is 5.58 Å². The second-order valence-electron chi connectivity index (χ2n) is 7.87. The number of ether oxygens (including phenoxy) is 1. The summed E-state index contributed by atoms with van der Waals surface area (Å²) in [4.78, 5) is 12.6. The largest absolute Gasteiger partial charge is 0.497 e. The lowest BCUT2D eigenvalue weighted by Crippen LogP contribution is -2.16. The summed E-state index contributed by atoms with van der Waals surface area (Å²) in [5, 5.41) is 7.22. The van der Waals surface area contributed by atoms with Crippen LogP contribution in [-0.2, 0) is 0 Å². The fourth-order valence-electron chi connectivity index (χ4n) is 4.17. The summed E-state index contributed by atoms with van der Waals surface area (Å²) in [6.45, 7) is 4.05. The fraction of sp³-hybridized carbons (Fsp3) is 0.111. The summed E-state index contributed by atoms with van der Waals surface area (Å²) in [5.74, 6) is 0.641. The SMILES string of the molecule is COc1ccc(-n2c(C)cc(/C=N\NC(=O)c3cc4c(ccc5ccccc54)o3)c2C)cc1. The number of hydrogen-bond donors (Lipinski definition) is 1. The van der Waals surface area contributed by atoms with E-state index in [1.807, 2.05) is 80.6 Å². The average Bonchev–Trinajstić information content (AvgIpc) is 3.40. The van der Waals surface area contributed by atoms with Gasteiger partial charge in [0.05, 0.1) is 13.3 Å². The minimum absolute atomic E-state index is 0.224. The van der Waals surface area contributed by atoms with Crippen LogP contribution < -0.4 is 10.2 Å². The van der Waals surface area contributed by atoms with Crippen molar-refractivity contribution in [2.24, 2.45) is 5.10 Å². The number of carbonyl (C=O) groups excluding carboxylic acids is 1. The number of amides is 1. The second kappa shape index (κ2) is 8.31. The van der Waals surface area contributed by atoms with E-state index in [2.05, 4.69) is 15.1 Å². The standard InChI is InChI=1S/C27H23N3O3/c1-17-14-20(18(2)30(17)21-9-11-22(32-3)12-10-21)16-28-29-27(31)26-15-24-23-7-5-4-6-19(23)8-13-25(24)33-26/h4-16H,1-3H3,(H,29,31)/b28-16-. The quantitative estimate of drug-likeness (QED) is 0.280. The van der Waals surface area contributed by atoms with Gasteiger partial charge in [-0.05, 0) is 67.1 Å². The molecule has 0 fully saturated rings. The van der Waals surface area contributed by atoms with E-state index in [4.69, 9.17) is 9.15 Å². The maximum Gasteiger partial charge on any atom is 0.307 e. The second-order valence-corrected chi connectivity index (χ2v) is 7.87. The molecule has 33 heavy (non-hydrogen) atoms. The number of aryl methyl sites for hydroxylation is 1. The van der Waals surface area contributed by atoms with E-state index in [0.717, 1.165) is 44.5 Å². The van der Waals surface area contributed by atoms with Crippen molar-refractivity contribution in [3.8, 4) is 11.4 Å². The monoisotopic (exact) mass is 437 g/mol. The molecule has 1 N–H and O–H groups in total. The highest BCUT2D eigenvalue weighted by Crippen LogP contribution is 2.28. The van der Waals surface area contributed by atoms with Gasteiger partial charge in [-0.2, -0.15) is 5.10 Å². The average molecular weight is 437 g/mol. The Morgan fingerprint density at radius 3 is 2.58 bits per heavy atom. The molecular formula is C27H23N3O3. The van der Waals surface area contributed by atoms with Gasteiger partial charge in [0.15, 0.2) is 5.76 Å². The number of methoxy groups -OCH3 is 1. The highest BCUT2D eigenvalue weighted by Gasteiger charge is 2.14. The molecule has 5 rings (SSSR count). The first-order valence-corrected chi connectivity index (χ1v) is 10.6. The van der Waals surface area contributed by atoms with Gasteiger partial charge in [0, 0.05) is 28.0 Å². The van der Waals surface area contributed by atoms with Gasteiger partial charge >= 0.3 is 5.91 Å². The summed E-state index contributed by atoms with van der Waals surface area (Å²) < 4.78 is 13.1. The van der Waals surface area contributed by atoms with Crippen LogP contribution >= 0.6 is 0 Å². The summed E-state index contributed by atoms with van der Waals surface area (Å²) in [6.07, 6.45) is 1.65. The Morgan fingerprint density at radius 2 is 1.79 bits per heavy atom. The molecule has 0 saturated carbocycles. The maximum absolute atomic E-state index is 12.6. The predicted molar refractivity (Wildman–Crippen MR) is 131 cm³/mol. The zero-order valence-electron chi connectivity index (χ0n) is 18.6. The molecule has 0 spiro atoms. The van der Waals surface area contributed by atoms with Crippen LogP contribution in [0, 0.1) is 13.8 Å². The zero-order chi connectivity index (χ0) is 22.9. The van der Waals surface area contributed by atoms with E-state index >= 15 is 0 Å². The van der Waals surface area contributed by atoms with Gasteiger partial charge < -0.3 is 13.7 Å². The number of furan rings is 1. The van der Waals surface area contributed by atoms with Crippen molar-refractivity contribution in [1.82, 2.24) is 9.99 Å². The topological polar surface area (TPSA) is 68.8 Å². The van der Waals surface area contributed by atoms with Gasteiger partial charge in [0.2, 0.25) is 0 Å². The first-order chi connectivity index (χ1) is 16.0. The van der Waals surface area contributed by atoms with Crippen LogP contribution in [0.3, 0.4) is 0 Å². The molecule has 3 aromatic carbocycles. The van der Waals surface area contributed by atoms with Crippen molar-refractivity contribution in [2.45, 2.75) is 13.8 Å². The van der Waals surface area contributed by atoms with Crippen molar-refractivity contribution in [2.75, 3.05) is 7.11 Å². The van der Waals surface area contributed by atoms with Gasteiger partial charge in [0.25, 0.3) is 0 Å². The Morgan fingerprint density at radius 1 is 1.00 bits per heavy atom. The molecule has 0 aliphatic heterocycles. The van der Waals surface area contributed by atoms with E-state index in [9.17, 15) is 4.79 Å². The molecule has 0 aliphatic rings. The third-order valence-corrected chi connectivity index (χ3v) is 5.82. The fourth-order valence-corrected chi connectivity index (χ4v) is 4.17. The van der Waals surface area contributed by atoms with Gasteiger partial charge in [0.1, 0.15) is 11.3 Å². The molecule has 0 bridgehead atoms. The van der Waals surface area contributed by atoms with Gasteiger partial charge in [-0.3, -0.25) is 4.79 Å². The third kappa shape index (κ3) is 3.76. The molecule has 0 unspecified atom stereocenters. The van der Waals surface area contributed by atoms with Crippen molar-refractivity contribution >= 4 is 33.9 Å². The lowest BCUT2D eigenvalue weighted by molar-refractivity contribution is 0.0929. The molecule has 0 radical (unpaired) electrons. The van der Waals surface area contributed by atoms with Crippen LogP contribution in [0.2, 0.25) is 0 Å². The lowest BCUT2D eigenvalue weighted by Gasteiger charge is -2.10. The molecular weight excluding hydrogens is 414 g/mol. The van der Waals surface area contributed by atoms with Crippen molar-refractivity contribution in [1.29, 1.82) is 0 Å². The Balaban J connectivity index is 1.36. The maximum atomic E-state index is 12.6. The summed E-state index contributed by atoms with van der Waals surface area (Å²) >= 11 is 0. The molecule has 2 heterocycles.